The number of hydrazone groups is 1. The van der Waals surface area contributed by atoms with Crippen molar-refractivity contribution in [1.29, 1.82) is 0 Å². The number of nitrogens with one attached hydrogen (secondary N) is 1. The van der Waals surface area contributed by atoms with Gasteiger partial charge in [-0.05, 0) is 48.5 Å². The monoisotopic (exact) mass is 419 g/mol. The number of rotatable bonds is 7. The van der Waals surface area contributed by atoms with Gasteiger partial charge < -0.3 is 9.47 Å². The number of nitrogens with zero attached hydrogens (tertiary/aromatic N) is 2. The number of benzene rings is 3. The van der Waals surface area contributed by atoms with E-state index in [-0.39, 0.29) is 17.0 Å². The predicted molar refractivity (Wildman–Crippen MR) is 113 cm³/mol. The van der Waals surface area contributed by atoms with E-state index >= 15 is 0 Å². The minimum Gasteiger partial charge on any atom is -0.497 e. The highest BCUT2D eigenvalue weighted by Gasteiger charge is 2.13. The summed E-state index contributed by atoms with van der Waals surface area (Å²) in [4.78, 5) is 34.7. The summed E-state index contributed by atoms with van der Waals surface area (Å²) in [6.45, 7) is 0. The molecule has 0 aromatic heterocycles. The molecular formula is C22H17N3O6. The van der Waals surface area contributed by atoms with E-state index in [1.165, 1.54) is 37.6 Å². The second-order valence-electron chi connectivity index (χ2n) is 6.16. The van der Waals surface area contributed by atoms with Gasteiger partial charge in [-0.3, -0.25) is 14.9 Å². The number of carbonyl (C=O) groups is 2. The van der Waals surface area contributed by atoms with Crippen LogP contribution in [-0.2, 0) is 0 Å². The zero-order valence-corrected chi connectivity index (χ0v) is 16.3. The number of nitro groups is 1. The van der Waals surface area contributed by atoms with Crippen molar-refractivity contribution in [2.75, 3.05) is 7.11 Å². The summed E-state index contributed by atoms with van der Waals surface area (Å²) in [7, 11) is 1.53. The van der Waals surface area contributed by atoms with E-state index in [1.54, 1.807) is 48.5 Å². The molecule has 0 heterocycles. The maximum Gasteiger partial charge on any atom is 0.343 e. The number of carbonyl (C=O) groups excluding carboxylic acids is 2. The zero-order chi connectivity index (χ0) is 22.2. The third kappa shape index (κ3) is 5.51. The van der Waals surface area contributed by atoms with Gasteiger partial charge in [0.05, 0.1) is 23.8 Å². The molecule has 0 saturated heterocycles. The average Bonchev–Trinajstić information content (AvgIpc) is 2.80. The van der Waals surface area contributed by atoms with Crippen LogP contribution in [-0.4, -0.2) is 30.1 Å². The molecule has 0 aliphatic rings. The molecule has 0 aliphatic carbocycles. The van der Waals surface area contributed by atoms with Gasteiger partial charge >= 0.3 is 5.97 Å². The van der Waals surface area contributed by atoms with Crippen molar-refractivity contribution in [3.8, 4) is 11.5 Å². The fourth-order valence-corrected chi connectivity index (χ4v) is 2.53. The normalized spacial score (nSPS) is 10.5. The van der Waals surface area contributed by atoms with Crippen LogP contribution in [0.25, 0.3) is 0 Å². The number of hydrogen-bond acceptors (Lipinski definition) is 7. The van der Waals surface area contributed by atoms with Crippen molar-refractivity contribution in [1.82, 2.24) is 5.43 Å². The Labute approximate surface area is 177 Å². The second-order valence-corrected chi connectivity index (χ2v) is 6.16. The van der Waals surface area contributed by atoms with Crippen molar-refractivity contribution in [2.45, 2.75) is 0 Å². The van der Waals surface area contributed by atoms with Crippen LogP contribution in [0.2, 0.25) is 0 Å². The Hall–Kier alpha value is -4.53. The summed E-state index contributed by atoms with van der Waals surface area (Å²) in [5, 5.41) is 14.6. The summed E-state index contributed by atoms with van der Waals surface area (Å²) >= 11 is 0. The maximum absolute atomic E-state index is 12.4. The Bertz CT molecular complexity index is 1120. The smallest absolute Gasteiger partial charge is 0.343 e. The van der Waals surface area contributed by atoms with Gasteiger partial charge in [0.1, 0.15) is 11.5 Å². The zero-order valence-electron chi connectivity index (χ0n) is 16.3. The number of hydrogen-bond donors (Lipinski definition) is 1. The molecule has 156 valence electrons. The third-order valence-corrected chi connectivity index (χ3v) is 4.16. The predicted octanol–water partition coefficient (Wildman–Crippen LogP) is 3.59. The average molecular weight is 419 g/mol. The van der Waals surface area contributed by atoms with Crippen molar-refractivity contribution < 1.29 is 24.0 Å². The molecule has 0 atom stereocenters. The van der Waals surface area contributed by atoms with E-state index in [4.69, 9.17) is 9.47 Å². The summed E-state index contributed by atoms with van der Waals surface area (Å²) in [6, 6.07) is 18.2. The molecule has 0 unspecified atom stereocenters. The first-order valence-electron chi connectivity index (χ1n) is 9.01. The molecular weight excluding hydrogens is 402 g/mol. The lowest BCUT2D eigenvalue weighted by molar-refractivity contribution is -0.384. The van der Waals surface area contributed by atoms with Gasteiger partial charge in [-0.25, -0.2) is 10.2 Å². The first-order chi connectivity index (χ1) is 15.0. The van der Waals surface area contributed by atoms with Crippen molar-refractivity contribution in [3.05, 3.63) is 99.6 Å². The van der Waals surface area contributed by atoms with E-state index in [0.717, 1.165) is 0 Å². The lowest BCUT2D eigenvalue weighted by atomic mass is 10.2. The minimum atomic E-state index is -0.682. The maximum atomic E-state index is 12.4. The molecule has 1 amide bonds. The molecule has 1 N–H and O–H groups in total. The number of methoxy groups -OCH3 is 1. The molecule has 9 heteroatoms. The molecule has 31 heavy (non-hydrogen) atoms. The first-order valence-corrected chi connectivity index (χ1v) is 9.01. The van der Waals surface area contributed by atoms with Crippen LogP contribution in [0.15, 0.2) is 77.9 Å². The van der Waals surface area contributed by atoms with Gasteiger partial charge in [0.2, 0.25) is 0 Å². The van der Waals surface area contributed by atoms with E-state index < -0.39 is 16.8 Å². The molecule has 3 rings (SSSR count). The van der Waals surface area contributed by atoms with Crippen molar-refractivity contribution in [3.63, 3.8) is 0 Å². The van der Waals surface area contributed by atoms with Gasteiger partial charge in [0.25, 0.3) is 11.6 Å². The Morgan fingerprint density at radius 3 is 2.26 bits per heavy atom. The Kier molecular flexibility index (Phi) is 6.69. The minimum absolute atomic E-state index is 0.128. The molecule has 3 aromatic carbocycles. The number of esters is 1. The highest BCUT2D eigenvalue weighted by atomic mass is 16.6. The van der Waals surface area contributed by atoms with Crippen LogP contribution < -0.4 is 14.9 Å². The molecule has 3 aromatic rings. The Balaban J connectivity index is 1.67. The topological polar surface area (TPSA) is 120 Å². The van der Waals surface area contributed by atoms with Crippen LogP contribution in [0.1, 0.15) is 26.3 Å². The second kappa shape index (κ2) is 9.79. The molecule has 0 bridgehead atoms. The van der Waals surface area contributed by atoms with Gasteiger partial charge in [-0.1, -0.05) is 12.1 Å². The first kappa shape index (κ1) is 21.2. The van der Waals surface area contributed by atoms with Crippen molar-refractivity contribution >= 4 is 23.8 Å². The number of non-ortho nitro benzene ring substituents is 1. The van der Waals surface area contributed by atoms with Crippen LogP contribution >= 0.6 is 0 Å². The molecule has 0 saturated carbocycles. The number of para-hydroxylation sites is 1. The van der Waals surface area contributed by atoms with E-state index in [2.05, 4.69) is 10.5 Å². The summed E-state index contributed by atoms with van der Waals surface area (Å²) in [5.41, 5.74) is 3.28. The van der Waals surface area contributed by atoms with Crippen LogP contribution in [0.5, 0.6) is 11.5 Å². The van der Waals surface area contributed by atoms with E-state index in [1.807, 2.05) is 0 Å². The highest BCUT2D eigenvalue weighted by molar-refractivity contribution is 5.96. The number of amides is 1. The largest absolute Gasteiger partial charge is 0.497 e. The van der Waals surface area contributed by atoms with Crippen LogP contribution in [0.3, 0.4) is 0 Å². The Morgan fingerprint density at radius 2 is 1.61 bits per heavy atom. The summed E-state index contributed by atoms with van der Waals surface area (Å²) in [5.74, 6) is -0.255. The van der Waals surface area contributed by atoms with E-state index in [9.17, 15) is 19.7 Å². The molecule has 0 aliphatic heterocycles. The third-order valence-electron chi connectivity index (χ3n) is 4.16. The van der Waals surface area contributed by atoms with Gasteiger partial charge in [-0.15, -0.1) is 0 Å². The number of nitro benzene ring substituents is 1. The molecule has 0 radical (unpaired) electrons. The molecule has 0 fully saturated rings. The van der Waals surface area contributed by atoms with Crippen LogP contribution in [0.4, 0.5) is 5.69 Å². The van der Waals surface area contributed by atoms with Crippen LogP contribution in [0, 0.1) is 10.1 Å². The van der Waals surface area contributed by atoms with Gasteiger partial charge in [0, 0.05) is 23.3 Å². The number of ether oxygens (including phenoxy) is 2. The standard InChI is InChI=1S/C22H17N3O6/c1-30-19-12-8-15(9-13-19)21(26)24-23-14-17-4-2-3-5-20(17)31-22(27)16-6-10-18(11-7-16)25(28)29/h2-14H,1H3,(H,24,26). The summed E-state index contributed by atoms with van der Waals surface area (Å²) in [6.07, 6.45) is 1.35. The Morgan fingerprint density at radius 1 is 0.968 bits per heavy atom. The van der Waals surface area contributed by atoms with E-state index in [0.29, 0.717) is 16.9 Å². The lowest BCUT2D eigenvalue weighted by Gasteiger charge is -2.07. The molecule has 0 spiro atoms. The quantitative estimate of drug-likeness (QED) is 0.205. The molecule has 9 nitrogen and oxygen atoms in total. The highest BCUT2D eigenvalue weighted by Crippen LogP contribution is 2.19. The summed E-state index contributed by atoms with van der Waals surface area (Å²) < 4.78 is 10.4. The lowest BCUT2D eigenvalue weighted by Crippen LogP contribution is -2.17. The fourth-order valence-electron chi connectivity index (χ4n) is 2.53. The van der Waals surface area contributed by atoms with Gasteiger partial charge in [-0.2, -0.15) is 5.10 Å². The van der Waals surface area contributed by atoms with Gasteiger partial charge in [0.15, 0.2) is 0 Å². The fraction of sp³-hybridized carbons (Fsp3) is 0.0455. The van der Waals surface area contributed by atoms with Crippen molar-refractivity contribution in [2.24, 2.45) is 5.10 Å². The SMILES string of the molecule is COc1ccc(C(=O)NN=Cc2ccccc2OC(=O)c2ccc([N+](=O)[O-])cc2)cc1.